The van der Waals surface area contributed by atoms with E-state index in [1.165, 1.54) is 12.1 Å². The number of carbonyl (C=O) groups is 1. The van der Waals surface area contributed by atoms with E-state index in [2.05, 4.69) is 5.43 Å². The molecule has 10 heteroatoms. The van der Waals surface area contributed by atoms with Gasteiger partial charge in [0.2, 0.25) is 11.4 Å². The van der Waals surface area contributed by atoms with Crippen LogP contribution in [0.25, 0.3) is 10.9 Å². The number of nitrogen functional groups attached to an aromatic ring is 1. The third-order valence-electron chi connectivity index (χ3n) is 2.46. The Balaban J connectivity index is 0.00000180. The van der Waals surface area contributed by atoms with E-state index < -0.39 is 33.2 Å². The van der Waals surface area contributed by atoms with Gasteiger partial charge in [-0.15, -0.1) is 29.6 Å². The maximum Gasteiger partial charge on any atom is 0.344 e. The first-order chi connectivity index (χ1) is 8.49. The van der Waals surface area contributed by atoms with Crippen molar-refractivity contribution in [2.45, 2.75) is 0 Å². The quantitative estimate of drug-likeness (QED) is 0.443. The lowest BCUT2D eigenvalue weighted by atomic mass is 10.1. The summed E-state index contributed by atoms with van der Waals surface area (Å²) in [5, 5.41) is 8.39. The highest BCUT2D eigenvalue weighted by atomic mass is 35.5. The molecule has 1 heterocycles. The van der Waals surface area contributed by atoms with E-state index in [1.54, 1.807) is 0 Å². The Hall–Kier alpha value is -1.90. The summed E-state index contributed by atoms with van der Waals surface area (Å²) in [7, 11) is 0. The standard InChI is InChI=1S/C10H7F2N3O3.2ClH/c11-9-7(10(17)18)8(16)6-4(14-13)2-1-3-5(6)15(9)12;;/h1-3,14H,13H2,(H,17,18);2*1H. The molecule has 2 rings (SSSR count). The highest BCUT2D eigenvalue weighted by Crippen LogP contribution is 2.22. The van der Waals surface area contributed by atoms with Crippen LogP contribution in [0.4, 0.5) is 14.6 Å². The number of rotatable bonds is 2. The molecule has 4 N–H and O–H groups in total. The Kier molecular flexibility index (Phi) is 5.89. The van der Waals surface area contributed by atoms with Crippen LogP contribution < -0.4 is 16.7 Å². The highest BCUT2D eigenvalue weighted by molar-refractivity contribution is 5.97. The predicted molar refractivity (Wildman–Crippen MR) is 73.9 cm³/mol. The Morgan fingerprint density at radius 3 is 2.45 bits per heavy atom. The predicted octanol–water partition coefficient (Wildman–Crippen LogP) is 1.70. The number of aromatic carboxylic acids is 1. The number of carboxylic acids is 1. The van der Waals surface area contributed by atoms with Gasteiger partial charge in [0.15, 0.2) is 5.56 Å². The van der Waals surface area contributed by atoms with Gasteiger partial charge in [-0.2, -0.15) is 4.39 Å². The van der Waals surface area contributed by atoms with Crippen LogP contribution in [-0.4, -0.2) is 15.9 Å². The molecule has 0 radical (unpaired) electrons. The number of pyridine rings is 1. The smallest absolute Gasteiger partial charge is 0.344 e. The number of hydrogen-bond donors (Lipinski definition) is 3. The Bertz CT molecular complexity index is 721. The number of halogens is 4. The lowest BCUT2D eigenvalue weighted by Crippen LogP contribution is -2.23. The lowest BCUT2D eigenvalue weighted by molar-refractivity contribution is 0.0685. The highest BCUT2D eigenvalue weighted by Gasteiger charge is 2.23. The Labute approximate surface area is 122 Å². The fourth-order valence-electron chi connectivity index (χ4n) is 1.67. The second-order valence-corrected chi connectivity index (χ2v) is 3.42. The SMILES string of the molecule is Cl.Cl.NNc1cccc2c1c(=O)c(C(=O)O)c(F)n2F. The molecule has 0 saturated carbocycles. The van der Waals surface area contributed by atoms with Crippen LogP contribution in [0.15, 0.2) is 23.0 Å². The van der Waals surface area contributed by atoms with Crippen molar-refractivity contribution in [2.24, 2.45) is 5.84 Å². The van der Waals surface area contributed by atoms with Crippen LogP contribution in [0.5, 0.6) is 0 Å². The monoisotopic (exact) mass is 327 g/mol. The maximum absolute atomic E-state index is 13.6. The summed E-state index contributed by atoms with van der Waals surface area (Å²) in [5.74, 6) is 1.53. The van der Waals surface area contributed by atoms with Gasteiger partial charge in [-0.3, -0.25) is 10.6 Å². The summed E-state index contributed by atoms with van der Waals surface area (Å²) in [5.41, 5.74) is -0.682. The third kappa shape index (κ3) is 2.53. The van der Waals surface area contributed by atoms with Gasteiger partial charge >= 0.3 is 5.97 Å². The van der Waals surface area contributed by atoms with E-state index in [0.29, 0.717) is 0 Å². The zero-order chi connectivity index (χ0) is 13.4. The van der Waals surface area contributed by atoms with Gasteiger partial charge in [-0.25, -0.2) is 4.79 Å². The molecule has 6 nitrogen and oxygen atoms in total. The van der Waals surface area contributed by atoms with E-state index in [1.807, 2.05) is 0 Å². The number of anilines is 1. The van der Waals surface area contributed by atoms with Gasteiger partial charge in [-0.1, -0.05) is 10.5 Å². The number of carboxylic acid groups (broad SMARTS) is 1. The second kappa shape index (κ2) is 6.51. The molecule has 0 amide bonds. The number of benzene rings is 1. The van der Waals surface area contributed by atoms with Crippen LogP contribution >= 0.6 is 24.8 Å². The van der Waals surface area contributed by atoms with Crippen molar-refractivity contribution < 1.29 is 18.8 Å². The average molecular weight is 328 g/mol. The Morgan fingerprint density at radius 2 is 1.95 bits per heavy atom. The fraction of sp³-hybridized carbons (Fsp3) is 0. The summed E-state index contributed by atoms with van der Waals surface area (Å²) in [6, 6.07) is 3.81. The first kappa shape index (κ1) is 18.1. The number of aromatic nitrogens is 1. The van der Waals surface area contributed by atoms with E-state index in [4.69, 9.17) is 10.9 Å². The Morgan fingerprint density at radius 1 is 1.35 bits per heavy atom. The normalized spacial score (nSPS) is 9.55. The molecule has 0 aliphatic rings. The molecule has 0 aliphatic heterocycles. The van der Waals surface area contributed by atoms with Gasteiger partial charge < -0.3 is 10.5 Å². The molecule has 0 unspecified atom stereocenters. The molecule has 1 aromatic carbocycles. The minimum Gasteiger partial charge on any atom is -0.477 e. The molecule has 2 aromatic rings. The summed E-state index contributed by atoms with van der Waals surface area (Å²) in [6.07, 6.45) is 0. The molecular weight excluding hydrogens is 319 g/mol. The van der Waals surface area contributed by atoms with Crippen LogP contribution in [-0.2, 0) is 0 Å². The maximum atomic E-state index is 13.6. The van der Waals surface area contributed by atoms with Gasteiger partial charge in [0, 0.05) is 0 Å². The second-order valence-electron chi connectivity index (χ2n) is 3.42. The van der Waals surface area contributed by atoms with E-state index >= 15 is 0 Å². The third-order valence-corrected chi connectivity index (χ3v) is 2.46. The fourth-order valence-corrected chi connectivity index (χ4v) is 1.67. The van der Waals surface area contributed by atoms with Crippen LogP contribution in [0, 0.1) is 5.95 Å². The van der Waals surface area contributed by atoms with Crippen molar-refractivity contribution in [1.82, 2.24) is 4.79 Å². The van der Waals surface area contributed by atoms with Gasteiger partial charge in [0.05, 0.1) is 16.6 Å². The number of nitrogens with zero attached hydrogens (tertiary/aromatic N) is 1. The van der Waals surface area contributed by atoms with Gasteiger partial charge in [0.1, 0.15) is 0 Å². The minimum absolute atomic E-state index is 0. The molecule has 0 atom stereocenters. The summed E-state index contributed by atoms with van der Waals surface area (Å²) >= 11 is 0. The van der Waals surface area contributed by atoms with Crippen LogP contribution in [0.2, 0.25) is 0 Å². The van der Waals surface area contributed by atoms with Crippen molar-refractivity contribution in [2.75, 3.05) is 5.43 Å². The van der Waals surface area contributed by atoms with Crippen molar-refractivity contribution >= 4 is 47.4 Å². The molecule has 110 valence electrons. The van der Waals surface area contributed by atoms with Gasteiger partial charge in [0.25, 0.3) is 0 Å². The number of hydrazine groups is 1. The van der Waals surface area contributed by atoms with Crippen molar-refractivity contribution in [3.05, 3.63) is 39.9 Å². The topological polar surface area (TPSA) is 97.3 Å². The summed E-state index contributed by atoms with van der Waals surface area (Å²) in [4.78, 5) is 22.1. The average Bonchev–Trinajstić information content (AvgIpc) is 2.34. The van der Waals surface area contributed by atoms with Gasteiger partial charge in [-0.05, 0) is 12.1 Å². The number of hydrogen-bond acceptors (Lipinski definition) is 4. The molecule has 0 aliphatic carbocycles. The molecule has 1 aromatic heterocycles. The molecule has 20 heavy (non-hydrogen) atoms. The largest absolute Gasteiger partial charge is 0.477 e. The van der Waals surface area contributed by atoms with Crippen molar-refractivity contribution in [3.63, 3.8) is 0 Å². The van der Waals surface area contributed by atoms with Crippen LogP contribution in [0.3, 0.4) is 0 Å². The van der Waals surface area contributed by atoms with Crippen LogP contribution in [0.1, 0.15) is 10.4 Å². The molecule has 0 spiro atoms. The molecule has 0 fully saturated rings. The first-order valence-corrected chi connectivity index (χ1v) is 4.72. The summed E-state index contributed by atoms with van der Waals surface area (Å²) in [6.45, 7) is 0. The molecule has 0 bridgehead atoms. The van der Waals surface area contributed by atoms with E-state index in [9.17, 15) is 18.5 Å². The summed E-state index contributed by atoms with van der Waals surface area (Å²) < 4.78 is 27.0. The minimum atomic E-state index is -1.85. The number of fused-ring (bicyclic) bond motifs is 1. The molecule has 0 saturated heterocycles. The van der Waals surface area contributed by atoms with E-state index in [-0.39, 0.29) is 35.9 Å². The van der Waals surface area contributed by atoms with E-state index in [0.717, 1.165) is 6.07 Å². The van der Waals surface area contributed by atoms with Crippen molar-refractivity contribution in [1.29, 1.82) is 0 Å². The number of nitrogens with one attached hydrogen (secondary N) is 1. The number of nitrogens with two attached hydrogens (primary N) is 1. The zero-order valence-electron chi connectivity index (χ0n) is 9.59. The zero-order valence-corrected chi connectivity index (χ0v) is 11.2. The molecular formula is C10H9Cl2F2N3O3. The lowest BCUT2D eigenvalue weighted by Gasteiger charge is -2.09. The van der Waals surface area contributed by atoms with Crippen molar-refractivity contribution in [3.8, 4) is 0 Å². The first-order valence-electron chi connectivity index (χ1n) is 4.72.